The van der Waals surface area contributed by atoms with Crippen molar-refractivity contribution in [2.75, 3.05) is 19.8 Å². The number of Topliss-reactive ketones (excluding diaryl/α,β-unsaturated/α-hetero) is 1. The molecule has 0 fully saturated rings. The minimum atomic E-state index is -0.812. The molecule has 0 aromatic rings. The molecule has 0 saturated heterocycles. The first-order valence-electron chi connectivity index (χ1n) is 10.4. The van der Waals surface area contributed by atoms with Crippen molar-refractivity contribution in [1.29, 1.82) is 0 Å². The molecule has 0 bridgehead atoms. The first kappa shape index (κ1) is 27.5. The highest BCUT2D eigenvalue weighted by Crippen LogP contribution is 2.08. The zero-order chi connectivity index (χ0) is 22.6. The van der Waals surface area contributed by atoms with Gasteiger partial charge in [-0.1, -0.05) is 32.1 Å². The predicted octanol–water partition coefficient (Wildman–Crippen LogP) is 2.10. The van der Waals surface area contributed by atoms with Crippen molar-refractivity contribution in [3.05, 3.63) is 20.2 Å². The minimum Gasteiger partial charge on any atom is -0.355 e. The van der Waals surface area contributed by atoms with Gasteiger partial charge in [-0.05, 0) is 32.1 Å². The van der Waals surface area contributed by atoms with Gasteiger partial charge in [-0.3, -0.25) is 9.59 Å². The van der Waals surface area contributed by atoms with E-state index in [-0.39, 0.29) is 31.3 Å². The molecule has 1 atom stereocenters. The van der Waals surface area contributed by atoms with E-state index in [1.807, 2.05) is 0 Å². The van der Waals surface area contributed by atoms with Crippen LogP contribution in [0, 0.1) is 20.2 Å². The minimum absolute atomic E-state index is 0.0758. The molecule has 12 nitrogen and oxygen atoms in total. The molecular weight excluding hydrogens is 400 g/mol. The van der Waals surface area contributed by atoms with Gasteiger partial charge in [0.25, 0.3) is 10.2 Å². The van der Waals surface area contributed by atoms with Crippen LogP contribution in [-0.4, -0.2) is 47.7 Å². The largest absolute Gasteiger partial charge is 0.355 e. The van der Waals surface area contributed by atoms with E-state index < -0.39 is 16.2 Å². The third-order valence-electron chi connectivity index (χ3n) is 4.43. The molecule has 12 heteroatoms. The summed E-state index contributed by atoms with van der Waals surface area (Å²) in [5.74, 6) is -0.205. The van der Waals surface area contributed by atoms with Gasteiger partial charge in [0, 0.05) is 19.4 Å². The highest BCUT2D eigenvalue weighted by Gasteiger charge is 2.14. The Kier molecular flexibility index (Phi) is 17.0. The summed E-state index contributed by atoms with van der Waals surface area (Å²) >= 11 is 0. The van der Waals surface area contributed by atoms with E-state index in [0.717, 1.165) is 44.9 Å². The molecular formula is C18H34N4O8. The summed E-state index contributed by atoms with van der Waals surface area (Å²) in [6, 6.07) is -0.718. The number of amides is 1. The van der Waals surface area contributed by atoms with Crippen molar-refractivity contribution in [2.24, 2.45) is 5.73 Å². The first-order chi connectivity index (χ1) is 14.3. The van der Waals surface area contributed by atoms with Crippen LogP contribution in [0.15, 0.2) is 0 Å². The second-order valence-corrected chi connectivity index (χ2v) is 7.02. The van der Waals surface area contributed by atoms with Crippen molar-refractivity contribution in [3.8, 4) is 0 Å². The van der Waals surface area contributed by atoms with Gasteiger partial charge in [0.05, 0.1) is 19.3 Å². The van der Waals surface area contributed by atoms with Gasteiger partial charge >= 0.3 is 0 Å². The molecule has 0 aromatic carbocycles. The standard InChI is InChI=1S/C18H34N4O8/c19-17(18(24)20-13-7-3-5-9-15-30-22(27)28)12-11-16(23)10-6-2-1-4-8-14-29-21(25)26/h17H,1-15,19H2,(H,20,24). The summed E-state index contributed by atoms with van der Waals surface area (Å²) in [5.41, 5.74) is 5.81. The fourth-order valence-corrected chi connectivity index (χ4v) is 2.73. The topological polar surface area (TPSA) is 177 Å². The lowest BCUT2D eigenvalue weighted by molar-refractivity contribution is -0.757. The van der Waals surface area contributed by atoms with Gasteiger partial charge in [0.15, 0.2) is 0 Å². The van der Waals surface area contributed by atoms with Gasteiger partial charge in [-0.2, -0.15) is 0 Å². The molecule has 3 N–H and O–H groups in total. The number of rotatable bonds is 21. The van der Waals surface area contributed by atoms with Crippen LogP contribution in [0.1, 0.15) is 77.0 Å². The lowest BCUT2D eigenvalue weighted by Crippen LogP contribution is -2.41. The van der Waals surface area contributed by atoms with Crippen LogP contribution in [0.3, 0.4) is 0 Å². The highest BCUT2D eigenvalue weighted by molar-refractivity contribution is 5.83. The Morgan fingerprint density at radius 1 is 0.800 bits per heavy atom. The molecule has 30 heavy (non-hydrogen) atoms. The molecule has 0 rings (SSSR count). The maximum atomic E-state index is 11.9. The van der Waals surface area contributed by atoms with Crippen molar-refractivity contribution in [2.45, 2.75) is 83.1 Å². The van der Waals surface area contributed by atoms with E-state index in [9.17, 15) is 29.8 Å². The Labute approximate surface area is 176 Å². The molecule has 0 aliphatic rings. The molecule has 0 aliphatic carbocycles. The predicted molar refractivity (Wildman–Crippen MR) is 107 cm³/mol. The molecule has 0 aromatic heterocycles. The Balaban J connectivity index is 3.54. The number of carbonyl (C=O) groups excluding carboxylic acids is 2. The second kappa shape index (κ2) is 18.5. The summed E-state index contributed by atoms with van der Waals surface area (Å²) in [7, 11) is 0. The summed E-state index contributed by atoms with van der Waals surface area (Å²) < 4.78 is 0. The normalized spacial score (nSPS) is 11.5. The molecule has 0 radical (unpaired) electrons. The van der Waals surface area contributed by atoms with E-state index in [1.165, 1.54) is 0 Å². The lowest BCUT2D eigenvalue weighted by Gasteiger charge is -2.12. The van der Waals surface area contributed by atoms with Crippen LogP contribution >= 0.6 is 0 Å². The fourth-order valence-electron chi connectivity index (χ4n) is 2.73. The number of hydrogen-bond donors (Lipinski definition) is 2. The zero-order valence-electron chi connectivity index (χ0n) is 17.4. The third-order valence-corrected chi connectivity index (χ3v) is 4.43. The van der Waals surface area contributed by atoms with Crippen molar-refractivity contribution < 1.29 is 29.4 Å². The zero-order valence-corrected chi connectivity index (χ0v) is 17.4. The highest BCUT2D eigenvalue weighted by atomic mass is 17.0. The van der Waals surface area contributed by atoms with Crippen LogP contribution in [-0.2, 0) is 19.3 Å². The Morgan fingerprint density at radius 3 is 1.87 bits per heavy atom. The van der Waals surface area contributed by atoms with E-state index in [1.54, 1.807) is 0 Å². The molecule has 0 heterocycles. The van der Waals surface area contributed by atoms with Gasteiger partial charge in [-0.25, -0.2) is 0 Å². The SMILES string of the molecule is NC(CCC(=O)CCCCCCCO[N+](=O)[O-])C(=O)NCCCCCCO[N+](=O)[O-]. The van der Waals surface area contributed by atoms with Crippen LogP contribution in [0.2, 0.25) is 0 Å². The van der Waals surface area contributed by atoms with Crippen molar-refractivity contribution in [1.82, 2.24) is 5.32 Å². The van der Waals surface area contributed by atoms with Crippen molar-refractivity contribution >= 4 is 11.7 Å². The van der Waals surface area contributed by atoms with Crippen LogP contribution in [0.4, 0.5) is 0 Å². The number of hydrogen-bond acceptors (Lipinski definition) is 9. The number of ketones is 1. The molecule has 0 saturated carbocycles. The fraction of sp³-hybridized carbons (Fsp3) is 0.889. The molecule has 174 valence electrons. The van der Waals surface area contributed by atoms with Gasteiger partial charge < -0.3 is 20.7 Å². The number of unbranched alkanes of at least 4 members (excludes halogenated alkanes) is 7. The van der Waals surface area contributed by atoms with Gasteiger partial charge in [0.2, 0.25) is 5.91 Å². The monoisotopic (exact) mass is 434 g/mol. The Morgan fingerprint density at radius 2 is 1.30 bits per heavy atom. The summed E-state index contributed by atoms with van der Waals surface area (Å²) in [4.78, 5) is 52.2. The average molecular weight is 434 g/mol. The van der Waals surface area contributed by atoms with Gasteiger partial charge in [0.1, 0.15) is 5.78 Å². The third kappa shape index (κ3) is 18.8. The number of nitrogens with two attached hydrogens (primary N) is 1. The second-order valence-electron chi connectivity index (χ2n) is 7.02. The smallest absolute Gasteiger partial charge is 0.294 e. The average Bonchev–Trinajstić information content (AvgIpc) is 2.69. The summed E-state index contributed by atoms with van der Waals surface area (Å²) in [6.07, 6.45) is 7.89. The van der Waals surface area contributed by atoms with Crippen LogP contribution in [0.25, 0.3) is 0 Å². The molecule has 0 aliphatic heterocycles. The maximum absolute atomic E-state index is 11.9. The Bertz CT molecular complexity index is 518. The van der Waals surface area contributed by atoms with E-state index in [2.05, 4.69) is 15.0 Å². The Hall–Kier alpha value is -2.50. The van der Waals surface area contributed by atoms with Crippen molar-refractivity contribution in [3.63, 3.8) is 0 Å². The van der Waals surface area contributed by atoms with Crippen LogP contribution < -0.4 is 11.1 Å². The number of nitrogens with one attached hydrogen (secondary N) is 1. The van der Waals surface area contributed by atoms with E-state index in [0.29, 0.717) is 32.2 Å². The van der Waals surface area contributed by atoms with E-state index in [4.69, 9.17) is 5.73 Å². The first-order valence-corrected chi connectivity index (χ1v) is 10.4. The number of carbonyl (C=O) groups is 2. The summed E-state index contributed by atoms with van der Waals surface area (Å²) in [6.45, 7) is 0.658. The maximum Gasteiger partial charge on any atom is 0.294 e. The van der Waals surface area contributed by atoms with Gasteiger partial charge in [-0.15, -0.1) is 20.2 Å². The molecule has 1 unspecified atom stereocenters. The quantitative estimate of drug-likeness (QED) is 0.155. The van der Waals surface area contributed by atoms with Crippen LogP contribution in [0.5, 0.6) is 0 Å². The molecule has 0 spiro atoms. The van der Waals surface area contributed by atoms with E-state index >= 15 is 0 Å². The lowest BCUT2D eigenvalue weighted by atomic mass is 10.0. The summed E-state index contributed by atoms with van der Waals surface area (Å²) in [5, 5.41) is 21.1. The molecule has 1 amide bonds. The number of nitrogens with zero attached hydrogens (tertiary/aromatic N) is 2.